The monoisotopic (exact) mass is 465 g/mol. The van der Waals surface area contributed by atoms with E-state index in [2.05, 4.69) is 10.4 Å². The number of imide groups is 1. The predicted molar refractivity (Wildman–Crippen MR) is 120 cm³/mol. The second-order valence-electron chi connectivity index (χ2n) is 7.80. The van der Waals surface area contributed by atoms with E-state index in [4.69, 9.17) is 11.6 Å². The highest BCUT2D eigenvalue weighted by atomic mass is 35.5. The molecule has 166 valence electrons. The molecule has 0 aromatic heterocycles. The van der Waals surface area contributed by atoms with E-state index in [0.717, 1.165) is 4.90 Å². The van der Waals surface area contributed by atoms with Crippen molar-refractivity contribution in [3.63, 3.8) is 0 Å². The van der Waals surface area contributed by atoms with Crippen molar-refractivity contribution in [3.8, 4) is 0 Å². The van der Waals surface area contributed by atoms with E-state index < -0.39 is 46.6 Å². The quantitative estimate of drug-likeness (QED) is 0.420. The van der Waals surface area contributed by atoms with Crippen molar-refractivity contribution in [1.82, 2.24) is 5.01 Å². The van der Waals surface area contributed by atoms with Crippen LogP contribution < -0.4 is 10.2 Å². The van der Waals surface area contributed by atoms with Crippen LogP contribution in [0.3, 0.4) is 0 Å². The van der Waals surface area contributed by atoms with Crippen LogP contribution in [0.5, 0.6) is 0 Å². The minimum Gasteiger partial charge on any atom is -0.324 e. The Morgan fingerprint density at radius 2 is 1.82 bits per heavy atom. The third kappa shape index (κ3) is 3.35. The normalized spacial score (nSPS) is 25.2. The van der Waals surface area contributed by atoms with Crippen LogP contribution in [0.25, 0.3) is 0 Å². The Morgan fingerprint density at radius 3 is 2.55 bits per heavy atom. The van der Waals surface area contributed by atoms with Crippen molar-refractivity contribution in [2.75, 3.05) is 10.2 Å². The number of carbonyl (C=O) groups is 3. The summed E-state index contributed by atoms with van der Waals surface area (Å²) in [6, 6.07) is 10.2. The summed E-state index contributed by atoms with van der Waals surface area (Å²) in [6.07, 6.45) is 4.88. The van der Waals surface area contributed by atoms with Crippen LogP contribution in [0.15, 0.2) is 65.8 Å². The van der Waals surface area contributed by atoms with Gasteiger partial charge in [-0.2, -0.15) is 5.10 Å². The highest BCUT2D eigenvalue weighted by Crippen LogP contribution is 2.46. The summed E-state index contributed by atoms with van der Waals surface area (Å²) in [7, 11) is 0. The molecule has 0 aliphatic carbocycles. The molecule has 2 aromatic rings. The molecule has 0 bridgehead atoms. The number of nitrogens with one attached hydrogen (secondary N) is 1. The van der Waals surface area contributed by atoms with Gasteiger partial charge in [0, 0.05) is 29.1 Å². The van der Waals surface area contributed by atoms with Gasteiger partial charge in [0.1, 0.15) is 6.04 Å². The number of fused-ring (bicyclic) bond motifs is 3. The second-order valence-corrected chi connectivity index (χ2v) is 8.24. The number of hydrogen-bond acceptors (Lipinski definition) is 7. The van der Waals surface area contributed by atoms with Crippen molar-refractivity contribution in [2.24, 2.45) is 16.9 Å². The first-order valence-electron chi connectivity index (χ1n) is 10.0. The summed E-state index contributed by atoms with van der Waals surface area (Å²) in [5.74, 6) is -3.48. The molecular formula is C22H16ClN5O5. The molecule has 4 atom stereocenters. The van der Waals surface area contributed by atoms with Gasteiger partial charge in [-0.15, -0.1) is 0 Å². The van der Waals surface area contributed by atoms with Gasteiger partial charge in [-0.1, -0.05) is 23.7 Å². The summed E-state index contributed by atoms with van der Waals surface area (Å²) >= 11 is 5.90. The molecule has 0 spiro atoms. The molecule has 10 nitrogen and oxygen atoms in total. The molecule has 3 amide bonds. The number of hydrazone groups is 1. The molecule has 1 N–H and O–H groups in total. The van der Waals surface area contributed by atoms with Crippen LogP contribution in [0.1, 0.15) is 0 Å². The highest BCUT2D eigenvalue weighted by Gasteiger charge is 2.64. The zero-order chi connectivity index (χ0) is 23.3. The Balaban J connectivity index is 1.51. The Bertz CT molecular complexity index is 1240. The number of amides is 3. The average Bonchev–Trinajstić information content (AvgIpc) is 3.28. The van der Waals surface area contributed by atoms with Gasteiger partial charge in [-0.3, -0.25) is 29.5 Å². The number of halogens is 1. The molecule has 2 fully saturated rings. The van der Waals surface area contributed by atoms with E-state index in [0.29, 0.717) is 10.7 Å². The topological polar surface area (TPSA) is 125 Å². The molecule has 11 heteroatoms. The summed E-state index contributed by atoms with van der Waals surface area (Å²) < 4.78 is 0. The molecule has 3 heterocycles. The van der Waals surface area contributed by atoms with Gasteiger partial charge in [0.15, 0.2) is 0 Å². The molecule has 0 radical (unpaired) electrons. The van der Waals surface area contributed by atoms with E-state index in [1.165, 1.54) is 35.5 Å². The Hall–Kier alpha value is -4.05. The summed E-state index contributed by atoms with van der Waals surface area (Å²) in [5.41, 5.74) is 0.333. The lowest BCUT2D eigenvalue weighted by Gasteiger charge is -2.30. The number of non-ortho nitro benzene ring substituents is 1. The Labute approximate surface area is 192 Å². The van der Waals surface area contributed by atoms with E-state index in [1.807, 2.05) is 0 Å². The van der Waals surface area contributed by atoms with Crippen LogP contribution in [-0.4, -0.2) is 46.0 Å². The first kappa shape index (κ1) is 20.8. The lowest BCUT2D eigenvalue weighted by atomic mass is 9.88. The van der Waals surface area contributed by atoms with Crippen molar-refractivity contribution in [2.45, 2.75) is 12.1 Å². The molecule has 0 unspecified atom stereocenters. The maximum Gasteiger partial charge on any atom is 0.271 e. The number of anilines is 2. The number of nitro groups is 1. The molecule has 5 rings (SSSR count). The van der Waals surface area contributed by atoms with Crippen LogP contribution in [0.4, 0.5) is 17.1 Å². The maximum atomic E-state index is 13.5. The van der Waals surface area contributed by atoms with Gasteiger partial charge in [-0.25, -0.2) is 4.90 Å². The number of hydrogen-bond donors (Lipinski definition) is 1. The molecule has 2 saturated heterocycles. The minimum absolute atomic E-state index is 0.0975. The lowest BCUT2D eigenvalue weighted by Crippen LogP contribution is -2.47. The van der Waals surface area contributed by atoms with Gasteiger partial charge < -0.3 is 5.32 Å². The number of allylic oxidation sites excluding steroid dienone is 1. The summed E-state index contributed by atoms with van der Waals surface area (Å²) in [4.78, 5) is 51.6. The molecule has 0 saturated carbocycles. The molecule has 3 aliphatic rings. The number of nitrogens with zero attached hydrogens (tertiary/aromatic N) is 4. The summed E-state index contributed by atoms with van der Waals surface area (Å²) in [5, 5.41) is 20.2. The van der Waals surface area contributed by atoms with E-state index in [9.17, 15) is 24.5 Å². The van der Waals surface area contributed by atoms with Crippen LogP contribution in [0.2, 0.25) is 5.02 Å². The van der Waals surface area contributed by atoms with Crippen molar-refractivity contribution < 1.29 is 19.3 Å². The van der Waals surface area contributed by atoms with Crippen LogP contribution in [-0.2, 0) is 14.4 Å². The first-order chi connectivity index (χ1) is 15.9. The van der Waals surface area contributed by atoms with E-state index in [1.54, 1.807) is 36.4 Å². The van der Waals surface area contributed by atoms with Gasteiger partial charge in [0.05, 0.1) is 28.5 Å². The highest BCUT2D eigenvalue weighted by molar-refractivity contribution is 6.30. The van der Waals surface area contributed by atoms with Crippen LogP contribution >= 0.6 is 11.6 Å². The Kier molecular flexibility index (Phi) is 4.94. The van der Waals surface area contributed by atoms with E-state index in [-0.39, 0.29) is 11.4 Å². The molecule has 3 aliphatic heterocycles. The minimum atomic E-state index is -1.04. The summed E-state index contributed by atoms with van der Waals surface area (Å²) in [6.45, 7) is 0. The zero-order valence-corrected chi connectivity index (χ0v) is 17.6. The molecule has 33 heavy (non-hydrogen) atoms. The third-order valence-corrected chi connectivity index (χ3v) is 6.22. The van der Waals surface area contributed by atoms with Crippen molar-refractivity contribution in [3.05, 3.63) is 75.8 Å². The number of rotatable bonds is 4. The fourth-order valence-electron chi connectivity index (χ4n) is 4.59. The van der Waals surface area contributed by atoms with E-state index >= 15 is 0 Å². The molecule has 2 aromatic carbocycles. The van der Waals surface area contributed by atoms with Gasteiger partial charge in [0.25, 0.3) is 5.69 Å². The third-order valence-electron chi connectivity index (χ3n) is 5.97. The van der Waals surface area contributed by atoms with Crippen molar-refractivity contribution in [1.29, 1.82) is 0 Å². The second kappa shape index (κ2) is 7.82. The first-order valence-corrected chi connectivity index (χ1v) is 10.4. The zero-order valence-electron chi connectivity index (χ0n) is 16.9. The van der Waals surface area contributed by atoms with Crippen molar-refractivity contribution >= 4 is 52.6 Å². The standard InChI is InChI=1S/C22H16ClN5O5/c23-12-6-8-13(9-7-12)25-20(29)19-18-17(16-5-2-10-24-27(16)19)21(30)26(22(18)31)14-3-1-4-15(11-14)28(32)33/h1-11,16-19H,(H,25,29)/t16-,17-,18-,19+/m1/s1. The number of nitro benzene ring substituents is 1. The predicted octanol–water partition coefficient (Wildman–Crippen LogP) is 2.60. The molecular weight excluding hydrogens is 450 g/mol. The van der Waals surface area contributed by atoms with Gasteiger partial charge in [0.2, 0.25) is 17.7 Å². The fourth-order valence-corrected chi connectivity index (χ4v) is 4.71. The smallest absolute Gasteiger partial charge is 0.271 e. The van der Waals surface area contributed by atoms with Gasteiger partial charge in [-0.05, 0) is 36.4 Å². The number of benzene rings is 2. The SMILES string of the molecule is O=C(Nc1ccc(Cl)cc1)[C@@H]1[C@@H]2C(=O)N(c3cccc([N+](=O)[O-])c3)C(=O)[C@@H]2[C@H]2C=CC=NN21. The average molecular weight is 466 g/mol. The van der Waals surface area contributed by atoms with Crippen LogP contribution in [0, 0.1) is 22.0 Å². The lowest BCUT2D eigenvalue weighted by molar-refractivity contribution is -0.384. The largest absolute Gasteiger partial charge is 0.324 e. The fraction of sp³-hybridized carbons (Fsp3) is 0.182. The number of carbonyl (C=O) groups excluding carboxylic acids is 3. The Morgan fingerprint density at radius 1 is 1.09 bits per heavy atom. The maximum absolute atomic E-state index is 13.5. The van der Waals surface area contributed by atoms with Gasteiger partial charge >= 0.3 is 0 Å².